The molecule has 0 saturated carbocycles. The van der Waals surface area contributed by atoms with Gasteiger partial charge in [0.1, 0.15) is 5.76 Å². The van der Waals surface area contributed by atoms with Gasteiger partial charge in [-0.15, -0.1) is 0 Å². The van der Waals surface area contributed by atoms with E-state index in [0.29, 0.717) is 17.0 Å². The number of halogens is 2. The second-order valence-corrected chi connectivity index (χ2v) is 5.23. The first kappa shape index (κ1) is 13.7. The number of aromatic nitrogens is 1. The van der Waals surface area contributed by atoms with Crippen molar-refractivity contribution in [2.24, 2.45) is 0 Å². The topological polar surface area (TPSA) is 26.0 Å². The molecule has 0 aliphatic rings. The fourth-order valence-corrected chi connectivity index (χ4v) is 1.90. The number of rotatable bonds is 3. The summed E-state index contributed by atoms with van der Waals surface area (Å²) in [4.78, 5) is 4.17. The van der Waals surface area contributed by atoms with Crippen molar-refractivity contribution in [1.29, 1.82) is 0 Å². The number of hydrogen-bond donors (Lipinski definition) is 0. The fourth-order valence-electron chi connectivity index (χ4n) is 1.90. The molecule has 19 heavy (non-hydrogen) atoms. The highest BCUT2D eigenvalue weighted by molar-refractivity contribution is 5.60. The lowest BCUT2D eigenvalue weighted by molar-refractivity contribution is 0.489. The molecule has 0 radical (unpaired) electrons. The van der Waals surface area contributed by atoms with Crippen LogP contribution in [0.2, 0.25) is 0 Å². The van der Waals surface area contributed by atoms with Crippen molar-refractivity contribution >= 4 is 0 Å². The summed E-state index contributed by atoms with van der Waals surface area (Å²) in [5.74, 6) is -0.402. The Morgan fingerprint density at radius 2 is 1.63 bits per heavy atom. The zero-order chi connectivity index (χ0) is 14.2. The average Bonchev–Trinajstić information content (AvgIpc) is 2.81. The SMILES string of the molecule is CC(C)c1cnc(-c2cc(F)c(F)cc2C(C)C)o1. The molecule has 2 nitrogen and oxygen atoms in total. The largest absolute Gasteiger partial charge is 0.441 e. The quantitative estimate of drug-likeness (QED) is 0.791. The van der Waals surface area contributed by atoms with E-state index in [2.05, 4.69) is 4.98 Å². The van der Waals surface area contributed by atoms with Crippen LogP contribution < -0.4 is 0 Å². The molecule has 1 aromatic carbocycles. The van der Waals surface area contributed by atoms with E-state index in [1.165, 1.54) is 6.07 Å². The second kappa shape index (κ2) is 5.11. The van der Waals surface area contributed by atoms with Crippen molar-refractivity contribution in [3.05, 3.63) is 41.3 Å². The van der Waals surface area contributed by atoms with Crippen LogP contribution in [0, 0.1) is 11.6 Å². The van der Waals surface area contributed by atoms with E-state index in [-0.39, 0.29) is 11.8 Å². The van der Waals surface area contributed by atoms with Gasteiger partial charge in [0, 0.05) is 11.5 Å². The van der Waals surface area contributed by atoms with Gasteiger partial charge in [0.2, 0.25) is 5.89 Å². The third-order valence-electron chi connectivity index (χ3n) is 3.04. The molecule has 0 unspecified atom stereocenters. The highest BCUT2D eigenvalue weighted by Gasteiger charge is 2.18. The van der Waals surface area contributed by atoms with E-state index >= 15 is 0 Å². The number of hydrogen-bond acceptors (Lipinski definition) is 2. The first-order valence-electron chi connectivity index (χ1n) is 6.35. The summed E-state index contributed by atoms with van der Waals surface area (Å²) in [5, 5.41) is 0. The van der Waals surface area contributed by atoms with Crippen LogP contribution in [0.25, 0.3) is 11.5 Å². The monoisotopic (exact) mass is 265 g/mol. The highest BCUT2D eigenvalue weighted by Crippen LogP contribution is 2.32. The van der Waals surface area contributed by atoms with Gasteiger partial charge in [0.25, 0.3) is 0 Å². The van der Waals surface area contributed by atoms with Crippen molar-refractivity contribution < 1.29 is 13.2 Å². The Kier molecular flexibility index (Phi) is 3.69. The first-order valence-corrected chi connectivity index (χ1v) is 6.35. The van der Waals surface area contributed by atoms with Crippen molar-refractivity contribution in [1.82, 2.24) is 4.98 Å². The van der Waals surface area contributed by atoms with Gasteiger partial charge in [0.15, 0.2) is 11.6 Å². The molecular weight excluding hydrogens is 248 g/mol. The van der Waals surface area contributed by atoms with Gasteiger partial charge in [-0.2, -0.15) is 0 Å². The summed E-state index contributed by atoms with van der Waals surface area (Å²) < 4.78 is 32.4. The van der Waals surface area contributed by atoms with Crippen molar-refractivity contribution in [3.63, 3.8) is 0 Å². The Labute approximate surface area is 111 Å². The molecule has 1 aromatic heterocycles. The Balaban J connectivity index is 2.56. The molecule has 0 bridgehead atoms. The van der Waals surface area contributed by atoms with Crippen LogP contribution in [0.5, 0.6) is 0 Å². The molecule has 2 rings (SSSR count). The van der Waals surface area contributed by atoms with Gasteiger partial charge in [-0.1, -0.05) is 27.7 Å². The number of oxazole rings is 1. The van der Waals surface area contributed by atoms with Crippen LogP contribution in [0.4, 0.5) is 8.78 Å². The third kappa shape index (κ3) is 2.67. The van der Waals surface area contributed by atoms with Crippen LogP contribution in [-0.4, -0.2) is 4.98 Å². The lowest BCUT2D eigenvalue weighted by atomic mass is 9.97. The summed E-state index contributed by atoms with van der Waals surface area (Å²) in [5.41, 5.74) is 1.21. The van der Waals surface area contributed by atoms with E-state index < -0.39 is 11.6 Å². The van der Waals surface area contributed by atoms with E-state index in [4.69, 9.17) is 4.42 Å². The molecule has 0 aliphatic carbocycles. The Morgan fingerprint density at radius 1 is 1.00 bits per heavy atom. The predicted molar refractivity (Wildman–Crippen MR) is 70.0 cm³/mol. The van der Waals surface area contributed by atoms with Crippen LogP contribution in [0.3, 0.4) is 0 Å². The minimum absolute atomic E-state index is 0.0551. The van der Waals surface area contributed by atoms with Crippen molar-refractivity contribution in [2.75, 3.05) is 0 Å². The Bertz CT molecular complexity index is 588. The standard InChI is InChI=1S/C15H17F2NO/c1-8(2)10-5-12(16)13(17)6-11(10)15-18-7-14(19-15)9(3)4/h5-9H,1-4H3. The fraction of sp³-hybridized carbons (Fsp3) is 0.400. The van der Waals surface area contributed by atoms with Gasteiger partial charge >= 0.3 is 0 Å². The molecule has 2 aromatic rings. The van der Waals surface area contributed by atoms with Gasteiger partial charge in [-0.05, 0) is 23.6 Å². The van der Waals surface area contributed by atoms with Crippen LogP contribution >= 0.6 is 0 Å². The minimum atomic E-state index is -0.885. The average molecular weight is 265 g/mol. The minimum Gasteiger partial charge on any atom is -0.441 e. The summed E-state index contributed by atoms with van der Waals surface area (Å²) in [6.45, 7) is 7.81. The van der Waals surface area contributed by atoms with Crippen LogP contribution in [-0.2, 0) is 0 Å². The summed E-state index contributed by atoms with van der Waals surface area (Å²) in [6, 6.07) is 2.37. The van der Waals surface area contributed by atoms with Gasteiger partial charge in [-0.3, -0.25) is 0 Å². The molecule has 0 amide bonds. The number of benzene rings is 1. The summed E-state index contributed by atoms with van der Waals surface area (Å²) in [6.07, 6.45) is 1.63. The lowest BCUT2D eigenvalue weighted by Gasteiger charge is -2.11. The molecule has 1 heterocycles. The second-order valence-electron chi connectivity index (χ2n) is 5.23. The third-order valence-corrected chi connectivity index (χ3v) is 3.04. The highest BCUT2D eigenvalue weighted by atomic mass is 19.2. The summed E-state index contributed by atoms with van der Waals surface area (Å²) >= 11 is 0. The smallest absolute Gasteiger partial charge is 0.226 e. The van der Waals surface area contributed by atoms with Crippen molar-refractivity contribution in [2.45, 2.75) is 39.5 Å². The Morgan fingerprint density at radius 3 is 2.16 bits per heavy atom. The van der Waals surface area contributed by atoms with Gasteiger partial charge in [-0.25, -0.2) is 13.8 Å². The molecule has 0 fully saturated rings. The van der Waals surface area contributed by atoms with E-state index in [0.717, 1.165) is 11.8 Å². The van der Waals surface area contributed by atoms with Crippen LogP contribution in [0.1, 0.15) is 50.9 Å². The van der Waals surface area contributed by atoms with Crippen LogP contribution in [0.15, 0.2) is 22.7 Å². The molecule has 4 heteroatoms. The zero-order valence-corrected chi connectivity index (χ0v) is 11.5. The number of nitrogens with zero attached hydrogens (tertiary/aromatic N) is 1. The van der Waals surface area contributed by atoms with E-state index in [1.54, 1.807) is 6.20 Å². The van der Waals surface area contributed by atoms with Gasteiger partial charge in [0.05, 0.1) is 6.20 Å². The molecule has 102 valence electrons. The molecule has 0 saturated heterocycles. The van der Waals surface area contributed by atoms with Crippen molar-refractivity contribution in [3.8, 4) is 11.5 Å². The molecule has 0 aliphatic heterocycles. The maximum atomic E-state index is 13.4. The molecular formula is C15H17F2NO. The predicted octanol–water partition coefficient (Wildman–Crippen LogP) is 4.87. The Hall–Kier alpha value is -1.71. The maximum Gasteiger partial charge on any atom is 0.226 e. The summed E-state index contributed by atoms with van der Waals surface area (Å²) in [7, 11) is 0. The maximum absolute atomic E-state index is 13.4. The zero-order valence-electron chi connectivity index (χ0n) is 11.5. The lowest BCUT2D eigenvalue weighted by Crippen LogP contribution is -1.97. The first-order chi connectivity index (χ1) is 8.90. The normalized spacial score (nSPS) is 11.6. The molecule has 0 spiro atoms. The van der Waals surface area contributed by atoms with E-state index in [1.807, 2.05) is 27.7 Å². The molecule has 0 N–H and O–H groups in total. The van der Waals surface area contributed by atoms with E-state index in [9.17, 15) is 8.78 Å². The molecule has 0 atom stereocenters. The van der Waals surface area contributed by atoms with Gasteiger partial charge < -0.3 is 4.42 Å².